The molecule has 0 bridgehead atoms. The largest absolute Gasteiger partial charge is 0.508 e. The van der Waals surface area contributed by atoms with Gasteiger partial charge in [-0.15, -0.1) is 0 Å². The van der Waals surface area contributed by atoms with Gasteiger partial charge in [0.25, 0.3) is 0 Å². The van der Waals surface area contributed by atoms with E-state index in [-0.39, 0.29) is 34.0 Å². The molecular formula is C17H14O6. The molecule has 0 aliphatic rings. The number of ether oxygens (including phenoxy) is 2. The van der Waals surface area contributed by atoms with Crippen LogP contribution in [0.4, 0.5) is 0 Å². The summed E-state index contributed by atoms with van der Waals surface area (Å²) < 4.78 is 16.2. The fourth-order valence-electron chi connectivity index (χ4n) is 2.46. The zero-order valence-corrected chi connectivity index (χ0v) is 12.5. The smallest absolute Gasteiger partial charge is 0.239 e. The number of aromatic hydroxyl groups is 2. The fourth-order valence-corrected chi connectivity index (χ4v) is 2.46. The highest BCUT2D eigenvalue weighted by molar-refractivity contribution is 5.88. The quantitative estimate of drug-likeness (QED) is 0.772. The maximum atomic E-state index is 12.6. The lowest BCUT2D eigenvalue weighted by atomic mass is 10.1. The van der Waals surface area contributed by atoms with Gasteiger partial charge in [-0.05, 0) is 12.1 Å². The highest BCUT2D eigenvalue weighted by Crippen LogP contribution is 2.38. The number of phenols is 2. The zero-order chi connectivity index (χ0) is 16.6. The first-order chi connectivity index (χ1) is 11.1. The second-order valence-corrected chi connectivity index (χ2v) is 4.83. The van der Waals surface area contributed by atoms with Gasteiger partial charge in [0, 0.05) is 12.1 Å². The summed E-state index contributed by atoms with van der Waals surface area (Å²) in [6, 6.07) is 9.32. The zero-order valence-electron chi connectivity index (χ0n) is 12.5. The van der Waals surface area contributed by atoms with Crippen molar-refractivity contribution in [2.24, 2.45) is 0 Å². The Hall–Kier alpha value is -3.15. The second kappa shape index (κ2) is 5.57. The highest BCUT2D eigenvalue weighted by Gasteiger charge is 2.21. The fraction of sp³-hybridized carbons (Fsp3) is 0.118. The van der Waals surface area contributed by atoms with Crippen LogP contribution in [0.3, 0.4) is 0 Å². The lowest BCUT2D eigenvalue weighted by molar-refractivity contribution is 0.393. The van der Waals surface area contributed by atoms with Crippen molar-refractivity contribution < 1.29 is 24.1 Å². The average Bonchev–Trinajstić information content (AvgIpc) is 2.53. The third-order valence-electron chi connectivity index (χ3n) is 3.47. The molecule has 23 heavy (non-hydrogen) atoms. The van der Waals surface area contributed by atoms with E-state index in [1.165, 1.54) is 20.3 Å². The van der Waals surface area contributed by atoms with Gasteiger partial charge in [0.1, 0.15) is 28.2 Å². The number of hydrogen-bond acceptors (Lipinski definition) is 6. The first-order valence-electron chi connectivity index (χ1n) is 6.77. The van der Waals surface area contributed by atoms with E-state index in [0.29, 0.717) is 11.3 Å². The van der Waals surface area contributed by atoms with Crippen molar-refractivity contribution in [3.8, 4) is 34.3 Å². The summed E-state index contributed by atoms with van der Waals surface area (Å²) in [5, 5.41) is 19.5. The van der Waals surface area contributed by atoms with Gasteiger partial charge in [0.15, 0.2) is 5.76 Å². The van der Waals surface area contributed by atoms with Crippen LogP contribution in [0.5, 0.6) is 23.0 Å². The molecule has 0 atom stereocenters. The summed E-state index contributed by atoms with van der Waals surface area (Å²) in [7, 11) is 2.84. The van der Waals surface area contributed by atoms with Gasteiger partial charge in [-0.25, -0.2) is 0 Å². The molecule has 3 aromatic rings. The molecule has 0 spiro atoms. The van der Waals surface area contributed by atoms with Crippen molar-refractivity contribution in [3.63, 3.8) is 0 Å². The molecule has 118 valence electrons. The number of fused-ring (bicyclic) bond motifs is 1. The van der Waals surface area contributed by atoms with E-state index in [1.54, 1.807) is 24.3 Å². The number of phenolic OH excluding ortho intramolecular Hbond substituents is 2. The molecule has 6 heteroatoms. The van der Waals surface area contributed by atoms with Crippen LogP contribution in [0, 0.1) is 0 Å². The number of rotatable bonds is 3. The van der Waals surface area contributed by atoms with E-state index in [2.05, 4.69) is 0 Å². The summed E-state index contributed by atoms with van der Waals surface area (Å²) in [5.74, 6) is 0.0148. The predicted molar refractivity (Wildman–Crippen MR) is 84.4 cm³/mol. The predicted octanol–water partition coefficient (Wildman–Crippen LogP) is 2.89. The van der Waals surface area contributed by atoms with Gasteiger partial charge in [-0.1, -0.05) is 12.1 Å². The molecule has 3 rings (SSSR count). The standard InChI is InChI=1S/C17H14O6/c1-21-12-6-4-3-5-10(12)16-17(22-2)15(20)14-11(19)7-9(18)8-13(14)23-16/h3-8,18-19H,1-2H3. The SMILES string of the molecule is COc1ccccc1-c1oc2cc(O)cc(O)c2c(=O)c1OC. The summed E-state index contributed by atoms with van der Waals surface area (Å²) in [5.41, 5.74) is 0.0371. The van der Waals surface area contributed by atoms with Gasteiger partial charge in [-0.2, -0.15) is 0 Å². The molecule has 0 aliphatic heterocycles. The summed E-state index contributed by atoms with van der Waals surface area (Å²) in [6.07, 6.45) is 0. The van der Waals surface area contributed by atoms with Crippen LogP contribution >= 0.6 is 0 Å². The summed E-state index contributed by atoms with van der Waals surface area (Å²) >= 11 is 0. The first kappa shape index (κ1) is 14.8. The number of hydrogen-bond donors (Lipinski definition) is 2. The first-order valence-corrected chi connectivity index (χ1v) is 6.77. The topological polar surface area (TPSA) is 89.1 Å². The highest BCUT2D eigenvalue weighted by atomic mass is 16.5. The van der Waals surface area contributed by atoms with Crippen LogP contribution in [0.25, 0.3) is 22.3 Å². The molecule has 6 nitrogen and oxygen atoms in total. The Bertz CT molecular complexity index is 942. The van der Waals surface area contributed by atoms with Crippen LogP contribution in [0.2, 0.25) is 0 Å². The van der Waals surface area contributed by atoms with Crippen molar-refractivity contribution in [2.45, 2.75) is 0 Å². The number of benzene rings is 2. The number of para-hydroxylation sites is 1. The Labute approximate surface area is 131 Å². The second-order valence-electron chi connectivity index (χ2n) is 4.83. The maximum absolute atomic E-state index is 12.6. The minimum atomic E-state index is -0.535. The molecule has 0 amide bonds. The van der Waals surface area contributed by atoms with Gasteiger partial charge in [-0.3, -0.25) is 4.79 Å². The van der Waals surface area contributed by atoms with E-state index < -0.39 is 5.43 Å². The Morgan fingerprint density at radius 1 is 1.04 bits per heavy atom. The minimum absolute atomic E-state index is 0.0502. The van der Waals surface area contributed by atoms with Crippen LogP contribution in [0.15, 0.2) is 45.6 Å². The Kier molecular flexibility index (Phi) is 3.57. The summed E-state index contributed by atoms with van der Waals surface area (Å²) in [4.78, 5) is 12.6. The van der Waals surface area contributed by atoms with Gasteiger partial charge in [0.05, 0.1) is 19.8 Å². The monoisotopic (exact) mass is 314 g/mol. The molecule has 1 heterocycles. The Morgan fingerprint density at radius 2 is 1.78 bits per heavy atom. The molecule has 0 radical (unpaired) electrons. The number of methoxy groups -OCH3 is 2. The molecule has 0 aliphatic carbocycles. The molecule has 2 N–H and O–H groups in total. The van der Waals surface area contributed by atoms with Crippen LogP contribution < -0.4 is 14.9 Å². The van der Waals surface area contributed by atoms with E-state index in [9.17, 15) is 15.0 Å². The molecule has 0 saturated heterocycles. The molecule has 0 unspecified atom stereocenters. The molecule has 2 aromatic carbocycles. The van der Waals surface area contributed by atoms with Crippen molar-refractivity contribution in [3.05, 3.63) is 46.6 Å². The molecular weight excluding hydrogens is 300 g/mol. The van der Waals surface area contributed by atoms with E-state index in [1.807, 2.05) is 0 Å². The molecule has 1 aromatic heterocycles. The Balaban J connectivity index is 2.44. The van der Waals surface area contributed by atoms with E-state index in [0.717, 1.165) is 6.07 Å². The van der Waals surface area contributed by atoms with Crippen molar-refractivity contribution in [2.75, 3.05) is 14.2 Å². The van der Waals surface area contributed by atoms with E-state index >= 15 is 0 Å². The molecule has 0 fully saturated rings. The lowest BCUT2D eigenvalue weighted by Gasteiger charge is -2.12. The van der Waals surface area contributed by atoms with Crippen LogP contribution in [0.1, 0.15) is 0 Å². The summed E-state index contributed by atoms with van der Waals surface area (Å²) in [6.45, 7) is 0. The van der Waals surface area contributed by atoms with Gasteiger partial charge < -0.3 is 24.1 Å². The molecule has 0 saturated carbocycles. The Morgan fingerprint density at radius 3 is 2.48 bits per heavy atom. The van der Waals surface area contributed by atoms with E-state index in [4.69, 9.17) is 13.9 Å². The van der Waals surface area contributed by atoms with Crippen molar-refractivity contribution >= 4 is 11.0 Å². The third-order valence-corrected chi connectivity index (χ3v) is 3.47. The van der Waals surface area contributed by atoms with Crippen molar-refractivity contribution in [1.82, 2.24) is 0 Å². The minimum Gasteiger partial charge on any atom is -0.508 e. The van der Waals surface area contributed by atoms with Gasteiger partial charge >= 0.3 is 0 Å². The average molecular weight is 314 g/mol. The van der Waals surface area contributed by atoms with Crippen LogP contribution in [-0.4, -0.2) is 24.4 Å². The maximum Gasteiger partial charge on any atom is 0.239 e. The lowest BCUT2D eigenvalue weighted by Crippen LogP contribution is -2.08. The van der Waals surface area contributed by atoms with Crippen molar-refractivity contribution in [1.29, 1.82) is 0 Å². The van der Waals surface area contributed by atoms with Crippen LogP contribution in [-0.2, 0) is 0 Å². The van der Waals surface area contributed by atoms with Gasteiger partial charge in [0.2, 0.25) is 11.2 Å². The third kappa shape index (κ3) is 2.34. The normalized spacial score (nSPS) is 10.7.